The van der Waals surface area contributed by atoms with Crippen molar-refractivity contribution in [2.45, 2.75) is 31.3 Å². The molecule has 2 fully saturated rings. The highest BCUT2D eigenvalue weighted by atomic mass is 35.5. The Kier molecular flexibility index (Phi) is 6.68. The molecule has 0 aromatic heterocycles. The largest absolute Gasteiger partial charge is 0.378 e. The van der Waals surface area contributed by atoms with Crippen molar-refractivity contribution < 1.29 is 28.6 Å². The van der Waals surface area contributed by atoms with Crippen molar-refractivity contribution in [2.24, 2.45) is 0 Å². The van der Waals surface area contributed by atoms with Crippen LogP contribution in [0.4, 0.5) is 10.1 Å². The van der Waals surface area contributed by atoms with E-state index < -0.39 is 23.1 Å². The lowest BCUT2D eigenvalue weighted by atomic mass is 9.92. The number of benzene rings is 2. The fraction of sp³-hybridized carbons (Fsp3) is 0.370. The fourth-order valence-electron chi connectivity index (χ4n) is 5.03. The van der Waals surface area contributed by atoms with Gasteiger partial charge in [-0.25, -0.2) is 4.39 Å². The van der Waals surface area contributed by atoms with Crippen LogP contribution in [-0.4, -0.2) is 66.1 Å². The third-order valence-electron chi connectivity index (χ3n) is 7.05. The molecule has 2 aromatic carbocycles. The molecule has 3 aliphatic rings. The van der Waals surface area contributed by atoms with Gasteiger partial charge in [0.05, 0.1) is 13.2 Å². The average molecular weight is 513 g/mol. The van der Waals surface area contributed by atoms with Crippen LogP contribution in [0.3, 0.4) is 0 Å². The van der Waals surface area contributed by atoms with Crippen molar-refractivity contribution in [3.63, 3.8) is 0 Å². The van der Waals surface area contributed by atoms with Gasteiger partial charge in [-0.3, -0.25) is 14.4 Å². The maximum absolute atomic E-state index is 13.6. The second-order valence-corrected chi connectivity index (χ2v) is 9.84. The lowest BCUT2D eigenvalue weighted by molar-refractivity contribution is -0.147. The van der Waals surface area contributed by atoms with E-state index in [9.17, 15) is 23.9 Å². The Morgan fingerprint density at radius 3 is 2.64 bits per heavy atom. The number of halogens is 2. The van der Waals surface area contributed by atoms with Crippen molar-refractivity contribution in [1.82, 2.24) is 4.90 Å². The molecule has 2 saturated heterocycles. The molecule has 0 unspecified atom stereocenters. The summed E-state index contributed by atoms with van der Waals surface area (Å²) in [5, 5.41) is 11.2. The summed E-state index contributed by atoms with van der Waals surface area (Å²) in [5.41, 5.74) is 1.50. The molecular formula is C27H26ClFN2O5. The van der Waals surface area contributed by atoms with Crippen LogP contribution in [0.5, 0.6) is 0 Å². The van der Waals surface area contributed by atoms with Gasteiger partial charge in [0.1, 0.15) is 5.82 Å². The Balaban J connectivity index is 1.27. The minimum atomic E-state index is -2.12. The highest BCUT2D eigenvalue weighted by Gasteiger charge is 2.50. The molecule has 2 aliphatic heterocycles. The molecule has 0 spiro atoms. The third-order valence-corrected chi connectivity index (χ3v) is 7.26. The van der Waals surface area contributed by atoms with Crippen molar-refractivity contribution >= 4 is 41.0 Å². The van der Waals surface area contributed by atoms with Crippen LogP contribution in [0, 0.1) is 5.82 Å². The quantitative estimate of drug-likeness (QED) is 0.601. The number of carbonyl (C=O) groups is 3. The summed E-state index contributed by atoms with van der Waals surface area (Å²) in [6.45, 7) is 2.39. The van der Waals surface area contributed by atoms with Crippen molar-refractivity contribution in [1.29, 1.82) is 0 Å². The molecule has 188 valence electrons. The van der Waals surface area contributed by atoms with Gasteiger partial charge in [0, 0.05) is 55.2 Å². The zero-order chi connectivity index (χ0) is 25.4. The average Bonchev–Trinajstić information content (AvgIpc) is 3.43. The number of amides is 2. The molecule has 1 aliphatic carbocycles. The first-order chi connectivity index (χ1) is 17.2. The van der Waals surface area contributed by atoms with Crippen LogP contribution >= 0.6 is 11.6 Å². The Hall–Kier alpha value is -3.07. The standard InChI is InChI=1S/C27H26ClFN2O5/c28-21-11-17(12-22(29)16-21)1-4-24(32)27(35)5-6-31(26(27)34)23-3-2-18-13-20(14-19(18)15-23)25(33)30-7-9-36-10-8-30/h2-3,11-12,14-16,35H,1,4-10,13H2/t27-/m0/s1. The van der Waals surface area contributed by atoms with E-state index in [1.54, 1.807) is 17.0 Å². The zero-order valence-corrected chi connectivity index (χ0v) is 20.4. The number of aliphatic hydroxyl groups is 1. The van der Waals surface area contributed by atoms with Gasteiger partial charge in [-0.15, -0.1) is 0 Å². The van der Waals surface area contributed by atoms with Gasteiger partial charge in [0.25, 0.3) is 5.91 Å². The van der Waals surface area contributed by atoms with Gasteiger partial charge in [0.15, 0.2) is 5.78 Å². The molecule has 2 amide bonds. The number of carbonyl (C=O) groups excluding carboxylic acids is 3. The second-order valence-electron chi connectivity index (χ2n) is 9.40. The second kappa shape index (κ2) is 9.76. The predicted octanol–water partition coefficient (Wildman–Crippen LogP) is 2.95. The van der Waals surface area contributed by atoms with Crippen molar-refractivity contribution in [3.8, 4) is 0 Å². The SMILES string of the molecule is O=C(C1=Cc2cc(N3CC[C@](O)(C(=O)CCc4cc(F)cc(Cl)c4)C3=O)ccc2C1)N1CCOCC1. The molecule has 2 heterocycles. The van der Waals surface area contributed by atoms with Gasteiger partial charge >= 0.3 is 0 Å². The molecule has 9 heteroatoms. The Morgan fingerprint density at radius 1 is 1.11 bits per heavy atom. The number of Topliss-reactive ketones (excluding diaryl/α,β-unsaturated/α-hetero) is 1. The van der Waals surface area contributed by atoms with Crippen molar-refractivity contribution in [2.75, 3.05) is 37.7 Å². The van der Waals surface area contributed by atoms with Crippen LogP contribution in [-0.2, 0) is 32.0 Å². The number of hydrogen-bond donors (Lipinski definition) is 1. The number of morpholine rings is 1. The first kappa shape index (κ1) is 24.6. The van der Waals surface area contributed by atoms with E-state index in [2.05, 4.69) is 0 Å². The summed E-state index contributed by atoms with van der Waals surface area (Å²) in [4.78, 5) is 42.1. The van der Waals surface area contributed by atoms with Crippen LogP contribution in [0.15, 0.2) is 42.0 Å². The number of fused-ring (bicyclic) bond motifs is 1. The molecule has 1 N–H and O–H groups in total. The lowest BCUT2D eigenvalue weighted by Crippen LogP contribution is -2.47. The highest BCUT2D eigenvalue weighted by Crippen LogP contribution is 2.34. The van der Waals surface area contributed by atoms with Gasteiger partial charge in [-0.1, -0.05) is 17.7 Å². The molecular weight excluding hydrogens is 487 g/mol. The van der Waals surface area contributed by atoms with Crippen LogP contribution in [0.1, 0.15) is 29.5 Å². The normalized spacial score (nSPS) is 21.5. The summed E-state index contributed by atoms with van der Waals surface area (Å²) in [6, 6.07) is 9.48. The van der Waals surface area contributed by atoms with Crippen LogP contribution in [0.2, 0.25) is 5.02 Å². The number of ketones is 1. The predicted molar refractivity (Wildman–Crippen MR) is 132 cm³/mol. The number of aryl methyl sites for hydroxylation is 1. The smallest absolute Gasteiger partial charge is 0.266 e. The summed E-state index contributed by atoms with van der Waals surface area (Å²) < 4.78 is 18.9. The molecule has 7 nitrogen and oxygen atoms in total. The van der Waals surface area contributed by atoms with E-state index in [-0.39, 0.29) is 36.7 Å². The molecule has 1 atom stereocenters. The molecule has 0 bridgehead atoms. The Morgan fingerprint density at radius 2 is 1.89 bits per heavy atom. The number of ether oxygens (including phenoxy) is 1. The summed E-state index contributed by atoms with van der Waals surface area (Å²) in [5.74, 6) is -1.79. The summed E-state index contributed by atoms with van der Waals surface area (Å²) in [7, 11) is 0. The Bertz CT molecular complexity index is 1250. The number of nitrogens with zero attached hydrogens (tertiary/aromatic N) is 2. The maximum atomic E-state index is 13.6. The Labute approximate surface area is 213 Å². The van der Waals surface area contributed by atoms with E-state index in [0.29, 0.717) is 49.5 Å². The first-order valence-electron chi connectivity index (χ1n) is 12.0. The van der Waals surface area contributed by atoms with E-state index in [0.717, 1.165) is 11.1 Å². The molecule has 2 aromatic rings. The minimum absolute atomic E-state index is 0.00662. The van der Waals surface area contributed by atoms with E-state index in [4.69, 9.17) is 16.3 Å². The first-order valence-corrected chi connectivity index (χ1v) is 12.4. The van der Waals surface area contributed by atoms with E-state index >= 15 is 0 Å². The third kappa shape index (κ3) is 4.68. The zero-order valence-electron chi connectivity index (χ0n) is 19.6. The lowest BCUT2D eigenvalue weighted by Gasteiger charge is -2.27. The molecule has 5 rings (SSSR count). The van der Waals surface area contributed by atoms with Crippen molar-refractivity contribution in [3.05, 3.63) is 69.5 Å². The van der Waals surface area contributed by atoms with E-state index in [1.165, 1.54) is 17.0 Å². The van der Waals surface area contributed by atoms with E-state index in [1.807, 2.05) is 18.2 Å². The molecule has 0 radical (unpaired) electrons. The topological polar surface area (TPSA) is 87.2 Å². The molecule has 36 heavy (non-hydrogen) atoms. The van der Waals surface area contributed by atoms with Crippen LogP contribution < -0.4 is 4.90 Å². The minimum Gasteiger partial charge on any atom is -0.378 e. The monoisotopic (exact) mass is 512 g/mol. The summed E-state index contributed by atoms with van der Waals surface area (Å²) >= 11 is 5.87. The van der Waals surface area contributed by atoms with Gasteiger partial charge < -0.3 is 19.6 Å². The number of anilines is 1. The van der Waals surface area contributed by atoms with Gasteiger partial charge in [-0.2, -0.15) is 0 Å². The van der Waals surface area contributed by atoms with Gasteiger partial charge in [-0.05, 0) is 59.5 Å². The number of hydrogen-bond acceptors (Lipinski definition) is 5. The summed E-state index contributed by atoms with van der Waals surface area (Å²) in [6.07, 6.45) is 2.39. The van der Waals surface area contributed by atoms with Crippen LogP contribution in [0.25, 0.3) is 6.08 Å². The maximum Gasteiger partial charge on any atom is 0.266 e. The number of rotatable bonds is 6. The fourth-order valence-corrected chi connectivity index (χ4v) is 5.27. The highest BCUT2D eigenvalue weighted by molar-refractivity contribution is 6.30. The molecule has 0 saturated carbocycles. The van der Waals surface area contributed by atoms with Gasteiger partial charge in [0.2, 0.25) is 11.5 Å².